The standard InChI is InChI=1S/C34H67NO3/c1-5-7-9-11-13-15-17-18-20-21-23-25-27-29-33(36)32(35(3)4)31-38-34(37)30-28-26-24-22-19-16-14-12-10-8-6-2/h32H,5-31H2,1-4H3/t32-/m0/s1. The molecule has 0 radical (unpaired) electrons. The summed E-state index contributed by atoms with van der Waals surface area (Å²) in [5.41, 5.74) is 0. The zero-order chi connectivity index (χ0) is 28.1. The number of Topliss-reactive ketones (excluding diaryl/α,β-unsaturated/α-hetero) is 1. The number of hydrogen-bond donors (Lipinski definition) is 0. The topological polar surface area (TPSA) is 46.6 Å². The van der Waals surface area contributed by atoms with Crippen molar-refractivity contribution in [1.82, 2.24) is 4.90 Å². The minimum absolute atomic E-state index is 0.151. The Morgan fingerprint density at radius 1 is 0.500 bits per heavy atom. The highest BCUT2D eigenvalue weighted by Gasteiger charge is 2.22. The van der Waals surface area contributed by atoms with E-state index in [-0.39, 0.29) is 24.4 Å². The maximum atomic E-state index is 12.7. The fourth-order valence-corrected chi connectivity index (χ4v) is 5.19. The van der Waals surface area contributed by atoms with Gasteiger partial charge in [0, 0.05) is 12.8 Å². The summed E-state index contributed by atoms with van der Waals surface area (Å²) in [6.45, 7) is 4.73. The molecule has 0 saturated carbocycles. The lowest BCUT2D eigenvalue weighted by atomic mass is 10.0. The molecular formula is C34H67NO3. The highest BCUT2D eigenvalue weighted by Crippen LogP contribution is 2.15. The Morgan fingerprint density at radius 2 is 0.816 bits per heavy atom. The number of carbonyl (C=O) groups is 2. The Bertz CT molecular complexity index is 520. The molecule has 4 nitrogen and oxygen atoms in total. The summed E-state index contributed by atoms with van der Waals surface area (Å²) in [7, 11) is 3.81. The molecule has 0 fully saturated rings. The monoisotopic (exact) mass is 538 g/mol. The number of likely N-dealkylation sites (N-methyl/N-ethyl adjacent to an activating group) is 1. The number of rotatable bonds is 30. The molecule has 0 saturated heterocycles. The van der Waals surface area contributed by atoms with Gasteiger partial charge in [0.05, 0.1) is 0 Å². The number of nitrogens with zero attached hydrogens (tertiary/aromatic N) is 1. The van der Waals surface area contributed by atoms with E-state index in [1.165, 1.54) is 128 Å². The fourth-order valence-electron chi connectivity index (χ4n) is 5.19. The highest BCUT2D eigenvalue weighted by atomic mass is 16.5. The van der Waals surface area contributed by atoms with Crippen LogP contribution in [0, 0.1) is 0 Å². The predicted molar refractivity (Wildman–Crippen MR) is 165 cm³/mol. The molecule has 0 heterocycles. The van der Waals surface area contributed by atoms with E-state index < -0.39 is 0 Å². The van der Waals surface area contributed by atoms with Crippen LogP contribution in [0.25, 0.3) is 0 Å². The zero-order valence-electron chi connectivity index (χ0n) is 26.3. The molecule has 0 aliphatic carbocycles. The molecule has 0 aliphatic rings. The summed E-state index contributed by atoms with van der Waals surface area (Å²) >= 11 is 0. The molecule has 0 unspecified atom stereocenters. The van der Waals surface area contributed by atoms with Gasteiger partial charge in [-0.25, -0.2) is 0 Å². The third-order valence-corrected chi connectivity index (χ3v) is 7.91. The molecule has 0 aromatic carbocycles. The van der Waals surface area contributed by atoms with Crippen molar-refractivity contribution in [1.29, 1.82) is 0 Å². The van der Waals surface area contributed by atoms with Gasteiger partial charge in [0.2, 0.25) is 0 Å². The van der Waals surface area contributed by atoms with Crippen molar-refractivity contribution in [2.45, 2.75) is 187 Å². The van der Waals surface area contributed by atoms with Gasteiger partial charge in [-0.05, 0) is 26.9 Å². The van der Waals surface area contributed by atoms with Crippen LogP contribution in [-0.4, -0.2) is 43.4 Å². The molecule has 0 bridgehead atoms. The number of ether oxygens (including phenoxy) is 1. The predicted octanol–water partition coefficient (Wildman–Crippen LogP) is 10.2. The van der Waals surface area contributed by atoms with E-state index in [1.54, 1.807) is 0 Å². The van der Waals surface area contributed by atoms with Crippen LogP contribution < -0.4 is 0 Å². The smallest absolute Gasteiger partial charge is 0.305 e. The largest absolute Gasteiger partial charge is 0.464 e. The zero-order valence-corrected chi connectivity index (χ0v) is 26.3. The molecule has 0 N–H and O–H groups in total. The Kier molecular flexibility index (Phi) is 28.4. The van der Waals surface area contributed by atoms with Crippen molar-refractivity contribution in [3.05, 3.63) is 0 Å². The van der Waals surface area contributed by atoms with Gasteiger partial charge in [0.15, 0.2) is 5.78 Å². The van der Waals surface area contributed by atoms with Crippen LogP contribution in [0.15, 0.2) is 0 Å². The highest BCUT2D eigenvalue weighted by molar-refractivity contribution is 5.84. The van der Waals surface area contributed by atoms with Crippen molar-refractivity contribution >= 4 is 11.8 Å². The second-order valence-electron chi connectivity index (χ2n) is 11.9. The number of unbranched alkanes of at least 4 members (excludes halogenated alkanes) is 22. The van der Waals surface area contributed by atoms with Gasteiger partial charge in [-0.2, -0.15) is 0 Å². The first kappa shape index (κ1) is 37.1. The quantitative estimate of drug-likeness (QED) is 0.0675. The van der Waals surface area contributed by atoms with Crippen molar-refractivity contribution in [3.8, 4) is 0 Å². The molecule has 1 atom stereocenters. The Morgan fingerprint density at radius 3 is 1.16 bits per heavy atom. The number of hydrogen-bond acceptors (Lipinski definition) is 4. The third-order valence-electron chi connectivity index (χ3n) is 7.91. The third kappa shape index (κ3) is 25.4. The van der Waals surface area contributed by atoms with Crippen LogP contribution in [0.3, 0.4) is 0 Å². The molecule has 0 amide bonds. The van der Waals surface area contributed by atoms with E-state index in [0.29, 0.717) is 12.8 Å². The van der Waals surface area contributed by atoms with E-state index in [2.05, 4.69) is 13.8 Å². The normalized spacial score (nSPS) is 12.2. The van der Waals surface area contributed by atoms with E-state index in [4.69, 9.17) is 4.74 Å². The molecular weight excluding hydrogens is 470 g/mol. The first-order chi connectivity index (χ1) is 18.5. The maximum Gasteiger partial charge on any atom is 0.305 e. The Hall–Kier alpha value is -0.900. The lowest BCUT2D eigenvalue weighted by molar-refractivity contribution is -0.146. The van der Waals surface area contributed by atoms with Crippen molar-refractivity contribution in [3.63, 3.8) is 0 Å². The van der Waals surface area contributed by atoms with E-state index >= 15 is 0 Å². The van der Waals surface area contributed by atoms with Crippen LogP contribution >= 0.6 is 0 Å². The summed E-state index contributed by atoms with van der Waals surface area (Å²) in [4.78, 5) is 26.8. The molecule has 38 heavy (non-hydrogen) atoms. The minimum Gasteiger partial charge on any atom is -0.464 e. The first-order valence-electron chi connectivity index (χ1n) is 16.9. The lowest BCUT2D eigenvalue weighted by Crippen LogP contribution is -2.40. The van der Waals surface area contributed by atoms with Gasteiger partial charge < -0.3 is 4.74 Å². The van der Waals surface area contributed by atoms with Gasteiger partial charge in [0.1, 0.15) is 12.6 Å². The Balaban J connectivity index is 3.70. The van der Waals surface area contributed by atoms with E-state index in [0.717, 1.165) is 25.7 Å². The number of esters is 1. The van der Waals surface area contributed by atoms with E-state index in [1.807, 2.05) is 19.0 Å². The van der Waals surface area contributed by atoms with Crippen LogP contribution in [0.5, 0.6) is 0 Å². The average Bonchev–Trinajstić information content (AvgIpc) is 2.89. The van der Waals surface area contributed by atoms with Crippen LogP contribution in [0.2, 0.25) is 0 Å². The van der Waals surface area contributed by atoms with E-state index in [9.17, 15) is 9.59 Å². The second-order valence-corrected chi connectivity index (χ2v) is 11.9. The van der Waals surface area contributed by atoms with Gasteiger partial charge >= 0.3 is 5.97 Å². The molecule has 0 spiro atoms. The molecule has 0 aromatic rings. The molecule has 0 aliphatic heterocycles. The minimum atomic E-state index is -0.311. The van der Waals surface area contributed by atoms with Gasteiger partial charge in [0.25, 0.3) is 0 Å². The van der Waals surface area contributed by atoms with Crippen molar-refractivity contribution < 1.29 is 14.3 Å². The summed E-state index contributed by atoms with van der Waals surface area (Å²) in [6.07, 6.45) is 32.1. The van der Waals surface area contributed by atoms with Gasteiger partial charge in [-0.3, -0.25) is 14.5 Å². The fraction of sp³-hybridized carbons (Fsp3) is 0.941. The van der Waals surface area contributed by atoms with Gasteiger partial charge in [-0.15, -0.1) is 0 Å². The van der Waals surface area contributed by atoms with Crippen LogP contribution in [-0.2, 0) is 14.3 Å². The Labute approximate surface area is 238 Å². The number of ketones is 1. The molecule has 4 heteroatoms. The van der Waals surface area contributed by atoms with Crippen molar-refractivity contribution in [2.75, 3.05) is 20.7 Å². The second kappa shape index (κ2) is 29.1. The average molecular weight is 538 g/mol. The van der Waals surface area contributed by atoms with Crippen LogP contribution in [0.1, 0.15) is 181 Å². The van der Waals surface area contributed by atoms with Crippen molar-refractivity contribution in [2.24, 2.45) is 0 Å². The lowest BCUT2D eigenvalue weighted by Gasteiger charge is -2.22. The summed E-state index contributed by atoms with van der Waals surface area (Å²) in [5.74, 6) is 0.0575. The maximum absolute atomic E-state index is 12.7. The van der Waals surface area contributed by atoms with Crippen LogP contribution in [0.4, 0.5) is 0 Å². The summed E-state index contributed by atoms with van der Waals surface area (Å²) in [6, 6.07) is -0.311. The SMILES string of the molecule is CCCCCCCCCCCCCCCC(=O)[C@H](COC(=O)CCCCCCCCCCCCC)N(C)C. The summed E-state index contributed by atoms with van der Waals surface area (Å²) < 4.78 is 5.50. The molecule has 226 valence electrons. The van der Waals surface area contributed by atoms with Gasteiger partial charge in [-0.1, -0.05) is 155 Å². The molecule has 0 rings (SSSR count). The number of carbonyl (C=O) groups excluding carboxylic acids is 2. The first-order valence-corrected chi connectivity index (χ1v) is 16.9. The summed E-state index contributed by atoms with van der Waals surface area (Å²) in [5, 5.41) is 0. The molecule has 0 aromatic heterocycles.